The SMILES string of the molecule is C=CC1C[C@@H]1C(=O)NS(=O)(=O)c1cccc2cc[nH]c12.CC.CC(C)(C)OC(=O)N[C@H]1CCC[C@H]1C(N)=O.C\C=C(C)/C(=C/C)C(=C\COC)/N=Cc1ccccc1. The Hall–Kier alpha value is -5.27. The molecule has 0 saturated heterocycles. The number of sulfonamides is 1. The monoisotopic (exact) mass is 817 g/mol. The number of para-hydroxylation sites is 1. The Bertz CT molecular complexity index is 2040. The van der Waals surface area contributed by atoms with Crippen LogP contribution in [0.1, 0.15) is 86.6 Å². The largest absolute Gasteiger partial charge is 0.444 e. The average Bonchev–Trinajstić information content (AvgIpc) is 3.57. The van der Waals surface area contributed by atoms with Gasteiger partial charge in [0.1, 0.15) is 10.5 Å². The second-order valence-electron chi connectivity index (χ2n) is 14.5. The average molecular weight is 818 g/mol. The van der Waals surface area contributed by atoms with Gasteiger partial charge < -0.3 is 25.5 Å². The lowest BCUT2D eigenvalue weighted by Gasteiger charge is -2.23. The number of nitrogens with zero attached hydrogens (tertiary/aromatic N) is 1. The molecule has 3 aromatic rings. The van der Waals surface area contributed by atoms with Gasteiger partial charge >= 0.3 is 6.09 Å². The number of hydrogen-bond acceptors (Lipinski definition) is 8. The van der Waals surface area contributed by atoms with Crippen LogP contribution in [-0.4, -0.2) is 62.9 Å². The van der Waals surface area contributed by atoms with E-state index < -0.39 is 27.6 Å². The molecule has 0 spiro atoms. The maximum atomic E-state index is 12.3. The first-order valence-corrected chi connectivity index (χ1v) is 21.2. The van der Waals surface area contributed by atoms with Crippen molar-refractivity contribution >= 4 is 45.0 Å². The fraction of sp³-hybridized carbons (Fsp3) is 0.422. The second kappa shape index (κ2) is 23.8. The number of nitrogens with two attached hydrogens (primary N) is 1. The predicted molar refractivity (Wildman–Crippen MR) is 234 cm³/mol. The molecule has 0 bridgehead atoms. The number of benzene rings is 2. The number of carbonyl (C=O) groups is 3. The van der Waals surface area contributed by atoms with Gasteiger partial charge in [-0.05, 0) is 102 Å². The van der Waals surface area contributed by atoms with Gasteiger partial charge in [-0.1, -0.05) is 81.0 Å². The van der Waals surface area contributed by atoms with Crippen molar-refractivity contribution in [3.8, 4) is 0 Å². The molecule has 1 aromatic heterocycles. The number of ether oxygens (including phenoxy) is 2. The highest BCUT2D eigenvalue weighted by molar-refractivity contribution is 7.90. The highest BCUT2D eigenvalue weighted by Gasteiger charge is 2.42. The number of amides is 3. The van der Waals surface area contributed by atoms with Gasteiger partial charge in [0.2, 0.25) is 11.8 Å². The smallest absolute Gasteiger partial charge is 0.407 e. The Morgan fingerprint density at radius 3 is 2.26 bits per heavy atom. The number of carbonyl (C=O) groups excluding carboxylic acids is 3. The molecular formula is C45H63N5O7S. The number of rotatable bonds is 12. The topological polar surface area (TPSA) is 182 Å². The number of aromatic nitrogens is 1. The van der Waals surface area contributed by atoms with Gasteiger partial charge in [-0.15, -0.1) is 6.58 Å². The number of H-pyrrole nitrogens is 1. The van der Waals surface area contributed by atoms with Crippen molar-refractivity contribution in [2.75, 3.05) is 13.7 Å². The fourth-order valence-corrected chi connectivity index (χ4v) is 7.29. The number of fused-ring (bicyclic) bond motifs is 1. The Morgan fingerprint density at radius 1 is 1.00 bits per heavy atom. The molecule has 2 aliphatic carbocycles. The zero-order valence-electron chi connectivity index (χ0n) is 35.5. The first kappa shape index (κ1) is 48.9. The quantitative estimate of drug-likeness (QED) is 0.0803. The standard InChI is InChI=1S/C18H23NO.C14H14N2O3S.C11H20N2O3.C2H6/c1-5-15(3)17(6-2)18(12-13-20-4)19-14-16-10-8-7-9-11-16;1-2-9-8-11(9)14(17)16-20(18,19)12-5-3-4-10-6-7-15-13(10)12;1-11(2,3)16-10(15)13-8-6-4-5-7(8)9(12)14;1-2/h5-12,14H,13H2,1-4H3;2-7,9,11,15H,1,8H2,(H,16,17);7-8H,4-6H2,1-3H3,(H2,12,14)(H,13,15);1-2H3/b15-5-,17-6-,18-12+,19-14?;;;/t;9?,11-;7-,8+;/m.01./s1. The number of aromatic amines is 1. The van der Waals surface area contributed by atoms with Crippen LogP contribution in [0.25, 0.3) is 10.9 Å². The molecule has 2 aliphatic rings. The molecule has 2 saturated carbocycles. The van der Waals surface area contributed by atoms with Crippen LogP contribution in [0.3, 0.4) is 0 Å². The summed E-state index contributed by atoms with van der Waals surface area (Å²) >= 11 is 0. The minimum absolute atomic E-state index is 0.0872. The Labute approximate surface area is 345 Å². The second-order valence-corrected chi connectivity index (χ2v) is 16.1. The summed E-state index contributed by atoms with van der Waals surface area (Å²) in [5.41, 5.74) is 9.61. The minimum atomic E-state index is -3.86. The number of nitrogens with one attached hydrogen (secondary N) is 3. The number of hydrogen-bond donors (Lipinski definition) is 4. The zero-order valence-corrected chi connectivity index (χ0v) is 36.3. The van der Waals surface area contributed by atoms with Crippen molar-refractivity contribution in [3.05, 3.63) is 114 Å². The van der Waals surface area contributed by atoms with E-state index in [0.717, 1.165) is 41.5 Å². The molecule has 0 radical (unpaired) electrons. The van der Waals surface area contributed by atoms with Gasteiger partial charge in [-0.2, -0.15) is 0 Å². The summed E-state index contributed by atoms with van der Waals surface area (Å²) in [4.78, 5) is 42.1. The molecule has 2 fully saturated rings. The van der Waals surface area contributed by atoms with E-state index in [4.69, 9.17) is 15.2 Å². The maximum absolute atomic E-state index is 12.3. The van der Waals surface area contributed by atoms with Crippen LogP contribution in [-0.2, 0) is 29.1 Å². The lowest BCUT2D eigenvalue weighted by Crippen LogP contribution is -2.44. The molecule has 13 heteroatoms. The summed E-state index contributed by atoms with van der Waals surface area (Å²) in [6.07, 6.45) is 14.0. The number of alkyl carbamates (subject to hydrolysis) is 1. The molecule has 1 unspecified atom stereocenters. The van der Waals surface area contributed by atoms with E-state index in [-0.39, 0.29) is 34.6 Å². The molecule has 12 nitrogen and oxygen atoms in total. The minimum Gasteiger partial charge on any atom is -0.444 e. The lowest BCUT2D eigenvalue weighted by molar-refractivity contribution is -0.122. The van der Waals surface area contributed by atoms with E-state index in [1.807, 2.05) is 70.3 Å². The first-order chi connectivity index (χ1) is 27.5. The van der Waals surface area contributed by atoms with Gasteiger partial charge in [0.25, 0.3) is 10.0 Å². The van der Waals surface area contributed by atoms with Crippen LogP contribution in [0, 0.1) is 17.8 Å². The van der Waals surface area contributed by atoms with E-state index in [1.165, 1.54) is 11.6 Å². The molecule has 4 atom stereocenters. The lowest BCUT2D eigenvalue weighted by atomic mass is 10.0. The number of allylic oxidation sites excluding steroid dienone is 4. The summed E-state index contributed by atoms with van der Waals surface area (Å²) in [5, 5.41) is 3.49. The Kier molecular flexibility index (Phi) is 20.1. The highest BCUT2D eigenvalue weighted by Crippen LogP contribution is 2.39. The summed E-state index contributed by atoms with van der Waals surface area (Å²) in [6, 6.07) is 16.6. The molecule has 1 heterocycles. The van der Waals surface area contributed by atoms with Gasteiger partial charge in [0.15, 0.2) is 0 Å². The van der Waals surface area contributed by atoms with Crippen LogP contribution < -0.4 is 15.8 Å². The molecule has 0 aliphatic heterocycles. The molecule has 3 amide bonds. The summed E-state index contributed by atoms with van der Waals surface area (Å²) < 4.78 is 37.0. The van der Waals surface area contributed by atoms with Gasteiger partial charge in [-0.25, -0.2) is 17.9 Å². The highest BCUT2D eigenvalue weighted by atomic mass is 32.2. The van der Waals surface area contributed by atoms with Gasteiger partial charge in [-0.3, -0.25) is 14.6 Å². The Morgan fingerprint density at radius 2 is 1.69 bits per heavy atom. The van der Waals surface area contributed by atoms with E-state index in [2.05, 4.69) is 45.7 Å². The van der Waals surface area contributed by atoms with Crippen LogP contribution in [0.4, 0.5) is 4.79 Å². The van der Waals surface area contributed by atoms with Crippen LogP contribution >= 0.6 is 0 Å². The van der Waals surface area contributed by atoms with E-state index >= 15 is 0 Å². The summed E-state index contributed by atoms with van der Waals surface area (Å²) in [7, 11) is -2.17. The number of aliphatic imine (C=N–C) groups is 1. The molecule has 58 heavy (non-hydrogen) atoms. The molecule has 5 rings (SSSR count). The third-order valence-electron chi connectivity index (χ3n) is 9.15. The van der Waals surface area contributed by atoms with Crippen molar-refractivity contribution in [1.29, 1.82) is 0 Å². The number of methoxy groups -OCH3 is 1. The van der Waals surface area contributed by atoms with Crippen LogP contribution in [0.15, 0.2) is 118 Å². The van der Waals surface area contributed by atoms with Crippen molar-refractivity contribution in [1.82, 2.24) is 15.0 Å². The van der Waals surface area contributed by atoms with Crippen molar-refractivity contribution in [2.45, 2.75) is 97.6 Å². The zero-order chi connectivity index (χ0) is 43.5. The van der Waals surface area contributed by atoms with E-state index in [1.54, 1.807) is 58.4 Å². The molecular weight excluding hydrogens is 755 g/mol. The normalized spacial score (nSPS) is 19.4. The predicted octanol–water partition coefficient (Wildman–Crippen LogP) is 8.53. The first-order valence-electron chi connectivity index (χ1n) is 19.7. The molecule has 316 valence electrons. The van der Waals surface area contributed by atoms with E-state index in [9.17, 15) is 22.8 Å². The van der Waals surface area contributed by atoms with Crippen LogP contribution in [0.5, 0.6) is 0 Å². The molecule has 2 aromatic carbocycles. The Balaban J connectivity index is 0.000000296. The third-order valence-corrected chi connectivity index (χ3v) is 10.5. The molecule has 5 N–H and O–H groups in total. The van der Waals surface area contributed by atoms with Crippen molar-refractivity contribution in [3.63, 3.8) is 0 Å². The summed E-state index contributed by atoms with van der Waals surface area (Å²) in [6.45, 7) is 19.7. The number of primary amides is 1. The summed E-state index contributed by atoms with van der Waals surface area (Å²) in [5.74, 6) is -1.25. The van der Waals surface area contributed by atoms with Crippen LogP contribution in [0.2, 0.25) is 0 Å². The fourth-order valence-electron chi connectivity index (χ4n) is 6.06. The van der Waals surface area contributed by atoms with Crippen molar-refractivity contribution in [2.24, 2.45) is 28.5 Å². The van der Waals surface area contributed by atoms with Gasteiger partial charge in [0.05, 0.1) is 23.7 Å². The van der Waals surface area contributed by atoms with E-state index in [0.29, 0.717) is 18.5 Å². The maximum Gasteiger partial charge on any atom is 0.407 e. The van der Waals surface area contributed by atoms with Crippen molar-refractivity contribution < 1.29 is 32.3 Å². The third kappa shape index (κ3) is 15.6. The van der Waals surface area contributed by atoms with Gasteiger partial charge in [0, 0.05) is 36.9 Å².